The molecule has 2 rings (SSSR count). The lowest BCUT2D eigenvalue weighted by Crippen LogP contribution is -2.21. The fourth-order valence-corrected chi connectivity index (χ4v) is 1.64. The van der Waals surface area contributed by atoms with Gasteiger partial charge >= 0.3 is 0 Å². The van der Waals surface area contributed by atoms with Gasteiger partial charge < -0.3 is 4.74 Å². The van der Waals surface area contributed by atoms with Crippen LogP contribution in [0.3, 0.4) is 0 Å². The van der Waals surface area contributed by atoms with Crippen LogP contribution in [-0.2, 0) is 4.79 Å². The van der Waals surface area contributed by atoms with Crippen molar-refractivity contribution in [3.63, 3.8) is 0 Å². The predicted octanol–water partition coefficient (Wildman–Crippen LogP) is 2.76. The fraction of sp³-hybridized carbons (Fsp3) is 0.214. The Kier molecular flexibility index (Phi) is 4.53. The number of amides is 1. The molecule has 6 heteroatoms. The van der Waals surface area contributed by atoms with E-state index in [9.17, 15) is 4.79 Å². The van der Waals surface area contributed by atoms with Gasteiger partial charge in [0.15, 0.2) is 6.61 Å². The van der Waals surface area contributed by atoms with E-state index < -0.39 is 0 Å². The third kappa shape index (κ3) is 3.93. The Balaban J connectivity index is 1.90. The predicted molar refractivity (Wildman–Crippen MR) is 77.1 cm³/mol. The topological polar surface area (TPSA) is 64.1 Å². The van der Waals surface area contributed by atoms with E-state index in [1.165, 1.54) is 0 Å². The maximum absolute atomic E-state index is 11.7. The second-order valence-electron chi connectivity index (χ2n) is 4.27. The molecule has 20 heavy (non-hydrogen) atoms. The fourth-order valence-electron chi connectivity index (χ4n) is 1.53. The molecule has 0 radical (unpaired) electrons. The second kappa shape index (κ2) is 6.34. The highest BCUT2D eigenvalue weighted by molar-refractivity contribution is 6.31. The monoisotopic (exact) mass is 291 g/mol. The summed E-state index contributed by atoms with van der Waals surface area (Å²) in [6, 6.07) is 6.97. The van der Waals surface area contributed by atoms with E-state index >= 15 is 0 Å². The summed E-state index contributed by atoms with van der Waals surface area (Å²) in [7, 11) is 0. The lowest BCUT2D eigenvalue weighted by Gasteiger charge is -2.08. The molecule has 0 atom stereocenters. The molecule has 1 aromatic heterocycles. The van der Waals surface area contributed by atoms with Gasteiger partial charge in [-0.25, -0.2) is 9.97 Å². The average molecular weight is 292 g/mol. The van der Waals surface area contributed by atoms with Crippen molar-refractivity contribution in [3.8, 4) is 5.75 Å². The van der Waals surface area contributed by atoms with Gasteiger partial charge in [0.1, 0.15) is 5.75 Å². The lowest BCUT2D eigenvalue weighted by molar-refractivity contribution is -0.118. The van der Waals surface area contributed by atoms with Gasteiger partial charge in [-0.15, -0.1) is 0 Å². The molecule has 0 unspecified atom stereocenters. The molecule has 1 amide bonds. The van der Waals surface area contributed by atoms with Gasteiger partial charge in [0.05, 0.1) is 0 Å². The van der Waals surface area contributed by atoms with Crippen LogP contribution in [0.2, 0.25) is 5.02 Å². The zero-order valence-electron chi connectivity index (χ0n) is 11.2. The molecular formula is C14H14ClN3O2. The van der Waals surface area contributed by atoms with Crippen LogP contribution in [0.25, 0.3) is 0 Å². The molecule has 2 aromatic rings. The minimum absolute atomic E-state index is 0.113. The molecule has 0 saturated carbocycles. The Morgan fingerprint density at radius 3 is 2.85 bits per heavy atom. The summed E-state index contributed by atoms with van der Waals surface area (Å²) in [5.41, 5.74) is 1.68. The molecule has 0 fully saturated rings. The van der Waals surface area contributed by atoms with Crippen LogP contribution in [-0.4, -0.2) is 22.5 Å². The van der Waals surface area contributed by atoms with E-state index in [1.807, 2.05) is 13.8 Å². The van der Waals surface area contributed by atoms with Crippen molar-refractivity contribution in [2.24, 2.45) is 0 Å². The van der Waals surface area contributed by atoms with E-state index in [0.29, 0.717) is 10.8 Å². The summed E-state index contributed by atoms with van der Waals surface area (Å²) in [5.74, 6) is 0.543. The lowest BCUT2D eigenvalue weighted by atomic mass is 10.2. The molecule has 0 bridgehead atoms. The SMILES string of the molecule is Cc1ccnc(NC(=O)COc2ccc(Cl)c(C)c2)n1. The highest BCUT2D eigenvalue weighted by Crippen LogP contribution is 2.20. The van der Waals surface area contributed by atoms with E-state index in [2.05, 4.69) is 15.3 Å². The summed E-state index contributed by atoms with van der Waals surface area (Å²) in [6.45, 7) is 3.58. The van der Waals surface area contributed by atoms with Gasteiger partial charge in [0.25, 0.3) is 5.91 Å². The van der Waals surface area contributed by atoms with E-state index in [1.54, 1.807) is 30.5 Å². The number of aryl methyl sites for hydroxylation is 2. The van der Waals surface area contributed by atoms with Crippen LogP contribution in [0.5, 0.6) is 5.75 Å². The Morgan fingerprint density at radius 1 is 1.35 bits per heavy atom. The van der Waals surface area contributed by atoms with Gasteiger partial charge in [0, 0.05) is 16.9 Å². The summed E-state index contributed by atoms with van der Waals surface area (Å²) < 4.78 is 5.38. The van der Waals surface area contributed by atoms with Crippen LogP contribution >= 0.6 is 11.6 Å². The van der Waals surface area contributed by atoms with Crippen LogP contribution in [0, 0.1) is 13.8 Å². The standard InChI is InChI=1S/C14H14ClN3O2/c1-9-7-11(3-4-12(9)15)20-8-13(19)18-14-16-6-5-10(2)17-14/h3-7H,8H2,1-2H3,(H,16,17,18,19). The highest BCUT2D eigenvalue weighted by atomic mass is 35.5. The van der Waals surface area contributed by atoms with Crippen molar-refractivity contribution in [3.05, 3.63) is 46.7 Å². The number of anilines is 1. The molecule has 0 spiro atoms. The van der Waals surface area contributed by atoms with Crippen LogP contribution in [0.4, 0.5) is 5.95 Å². The Hall–Kier alpha value is -2.14. The van der Waals surface area contributed by atoms with Crippen molar-refractivity contribution in [2.75, 3.05) is 11.9 Å². The Bertz CT molecular complexity index is 632. The molecule has 0 aliphatic rings. The number of ether oxygens (including phenoxy) is 1. The van der Waals surface area contributed by atoms with E-state index in [4.69, 9.17) is 16.3 Å². The number of hydrogen-bond donors (Lipinski definition) is 1. The van der Waals surface area contributed by atoms with E-state index in [-0.39, 0.29) is 18.5 Å². The first kappa shape index (κ1) is 14.3. The van der Waals surface area contributed by atoms with Crippen LogP contribution in [0.15, 0.2) is 30.5 Å². The first-order valence-electron chi connectivity index (χ1n) is 6.03. The molecule has 1 N–H and O–H groups in total. The van der Waals surface area contributed by atoms with Gasteiger partial charge in [-0.3, -0.25) is 10.1 Å². The number of nitrogens with one attached hydrogen (secondary N) is 1. The van der Waals surface area contributed by atoms with E-state index in [0.717, 1.165) is 11.3 Å². The maximum atomic E-state index is 11.7. The third-order valence-electron chi connectivity index (χ3n) is 2.55. The number of rotatable bonds is 4. The number of benzene rings is 1. The van der Waals surface area contributed by atoms with Gasteiger partial charge in [0.2, 0.25) is 5.95 Å². The number of carbonyl (C=O) groups excluding carboxylic acids is 1. The number of halogens is 1. The van der Waals surface area contributed by atoms with Crippen molar-refractivity contribution >= 4 is 23.5 Å². The Labute approximate surface area is 122 Å². The largest absolute Gasteiger partial charge is 0.484 e. The molecule has 0 aliphatic carbocycles. The molecule has 1 heterocycles. The molecule has 5 nitrogen and oxygen atoms in total. The molecular weight excluding hydrogens is 278 g/mol. The summed E-state index contributed by atoms with van der Waals surface area (Å²) in [4.78, 5) is 19.7. The summed E-state index contributed by atoms with van der Waals surface area (Å²) in [5, 5.41) is 3.23. The minimum atomic E-state index is -0.316. The van der Waals surface area contributed by atoms with Crippen LogP contribution < -0.4 is 10.1 Å². The molecule has 0 aliphatic heterocycles. The van der Waals surface area contributed by atoms with Crippen molar-refractivity contribution in [2.45, 2.75) is 13.8 Å². The molecule has 0 saturated heterocycles. The summed E-state index contributed by atoms with van der Waals surface area (Å²) in [6.07, 6.45) is 1.58. The maximum Gasteiger partial charge on any atom is 0.264 e. The smallest absolute Gasteiger partial charge is 0.264 e. The van der Waals surface area contributed by atoms with Gasteiger partial charge in [-0.05, 0) is 43.7 Å². The van der Waals surface area contributed by atoms with Gasteiger partial charge in [-0.1, -0.05) is 11.6 Å². The first-order chi connectivity index (χ1) is 9.54. The zero-order valence-corrected chi connectivity index (χ0v) is 11.9. The normalized spacial score (nSPS) is 10.2. The molecule has 104 valence electrons. The number of aromatic nitrogens is 2. The number of carbonyl (C=O) groups is 1. The zero-order chi connectivity index (χ0) is 14.5. The summed E-state index contributed by atoms with van der Waals surface area (Å²) >= 11 is 5.91. The Morgan fingerprint density at radius 2 is 2.15 bits per heavy atom. The first-order valence-corrected chi connectivity index (χ1v) is 6.41. The highest BCUT2D eigenvalue weighted by Gasteiger charge is 2.06. The third-order valence-corrected chi connectivity index (χ3v) is 2.97. The average Bonchev–Trinajstić information content (AvgIpc) is 2.40. The van der Waals surface area contributed by atoms with Gasteiger partial charge in [-0.2, -0.15) is 0 Å². The van der Waals surface area contributed by atoms with Crippen molar-refractivity contribution in [1.29, 1.82) is 0 Å². The second-order valence-corrected chi connectivity index (χ2v) is 4.68. The number of nitrogens with zero attached hydrogens (tertiary/aromatic N) is 2. The van der Waals surface area contributed by atoms with Crippen molar-refractivity contribution in [1.82, 2.24) is 9.97 Å². The van der Waals surface area contributed by atoms with Crippen LogP contribution in [0.1, 0.15) is 11.3 Å². The minimum Gasteiger partial charge on any atom is -0.484 e. The number of hydrogen-bond acceptors (Lipinski definition) is 4. The quantitative estimate of drug-likeness (QED) is 0.941. The van der Waals surface area contributed by atoms with Crippen molar-refractivity contribution < 1.29 is 9.53 Å². The molecule has 1 aromatic carbocycles.